The summed E-state index contributed by atoms with van der Waals surface area (Å²) in [5.41, 5.74) is 5.53. The van der Waals surface area contributed by atoms with Crippen LogP contribution in [0.3, 0.4) is 0 Å². The highest BCUT2D eigenvalue weighted by molar-refractivity contribution is 5.82. The predicted molar refractivity (Wildman–Crippen MR) is 62.0 cm³/mol. The molecule has 0 aromatic heterocycles. The summed E-state index contributed by atoms with van der Waals surface area (Å²) in [4.78, 5) is 2.18. The summed E-state index contributed by atoms with van der Waals surface area (Å²) in [7, 11) is 0. The summed E-state index contributed by atoms with van der Waals surface area (Å²) in [5, 5.41) is 16.5. The Morgan fingerprint density at radius 2 is 2.07 bits per heavy atom. The first-order valence-corrected chi connectivity index (χ1v) is 5.87. The third-order valence-corrected chi connectivity index (χ3v) is 3.35. The molecule has 0 spiro atoms. The van der Waals surface area contributed by atoms with Crippen LogP contribution in [-0.2, 0) is 0 Å². The highest BCUT2D eigenvalue weighted by atomic mass is 16.3. The largest absolute Gasteiger partial charge is 0.395 e. The van der Waals surface area contributed by atoms with Crippen LogP contribution in [0.2, 0.25) is 0 Å². The van der Waals surface area contributed by atoms with Gasteiger partial charge in [0.05, 0.1) is 12.6 Å². The minimum absolute atomic E-state index is 0.0414. The van der Waals surface area contributed by atoms with E-state index in [1.807, 2.05) is 6.92 Å². The lowest BCUT2D eigenvalue weighted by atomic mass is 9.93. The van der Waals surface area contributed by atoms with E-state index in [1.54, 1.807) is 0 Å². The van der Waals surface area contributed by atoms with Crippen LogP contribution < -0.4 is 5.73 Å². The van der Waals surface area contributed by atoms with Crippen LogP contribution in [0.25, 0.3) is 0 Å². The molecule has 0 saturated heterocycles. The number of hydrogen-bond donors (Lipinski definition) is 3. The zero-order valence-corrected chi connectivity index (χ0v) is 9.58. The van der Waals surface area contributed by atoms with E-state index >= 15 is 0 Å². The summed E-state index contributed by atoms with van der Waals surface area (Å²) in [5.74, 6) is 0.203. The van der Waals surface area contributed by atoms with E-state index < -0.39 is 0 Å². The maximum atomic E-state index is 9.05. The molecule has 1 rings (SSSR count). The molecule has 0 amide bonds. The van der Waals surface area contributed by atoms with Gasteiger partial charge in [-0.2, -0.15) is 0 Å². The minimum Gasteiger partial charge on any atom is -0.395 e. The van der Waals surface area contributed by atoms with Crippen molar-refractivity contribution in [2.45, 2.75) is 51.1 Å². The number of nitrogens with two attached hydrogens (primary N) is 1. The third-order valence-electron chi connectivity index (χ3n) is 3.35. The van der Waals surface area contributed by atoms with Gasteiger partial charge >= 0.3 is 0 Å². The molecular formula is C11H23N3O. The highest BCUT2D eigenvalue weighted by Gasteiger charge is 2.25. The number of nitrogens with zero attached hydrogens (tertiary/aromatic N) is 1. The second-order valence-corrected chi connectivity index (χ2v) is 4.38. The smallest absolute Gasteiger partial charge is 0.108 e. The molecule has 88 valence electrons. The van der Waals surface area contributed by atoms with Gasteiger partial charge in [-0.15, -0.1) is 0 Å². The minimum atomic E-state index is -0.0414. The Balaban J connectivity index is 2.58. The first kappa shape index (κ1) is 12.5. The number of aliphatic hydroxyl groups is 1. The molecule has 4 N–H and O–H groups in total. The summed E-state index contributed by atoms with van der Waals surface area (Å²) < 4.78 is 0. The molecule has 1 aliphatic rings. The topological polar surface area (TPSA) is 73.3 Å². The Morgan fingerprint density at radius 3 is 2.53 bits per heavy atom. The Labute approximate surface area is 92.0 Å². The number of hydrogen-bond acceptors (Lipinski definition) is 3. The monoisotopic (exact) mass is 213 g/mol. The van der Waals surface area contributed by atoms with Crippen LogP contribution in [0.4, 0.5) is 0 Å². The van der Waals surface area contributed by atoms with E-state index in [4.69, 9.17) is 16.2 Å². The van der Waals surface area contributed by atoms with Gasteiger partial charge < -0.3 is 10.8 Å². The molecule has 0 aliphatic heterocycles. The van der Waals surface area contributed by atoms with E-state index in [0.717, 1.165) is 0 Å². The Bertz CT molecular complexity index is 202. The van der Waals surface area contributed by atoms with E-state index in [0.29, 0.717) is 12.6 Å². The van der Waals surface area contributed by atoms with Gasteiger partial charge in [0.2, 0.25) is 0 Å². The molecule has 4 heteroatoms. The normalized spacial score (nSPS) is 20.5. The molecule has 0 aromatic carbocycles. The maximum Gasteiger partial charge on any atom is 0.108 e. The molecule has 15 heavy (non-hydrogen) atoms. The number of rotatable bonds is 5. The summed E-state index contributed by atoms with van der Waals surface area (Å²) in [6, 6.07) is 0.463. The van der Waals surface area contributed by atoms with Gasteiger partial charge in [-0.1, -0.05) is 19.3 Å². The van der Waals surface area contributed by atoms with Gasteiger partial charge in [0.1, 0.15) is 5.84 Å². The quantitative estimate of drug-likeness (QED) is 0.470. The van der Waals surface area contributed by atoms with E-state index in [2.05, 4.69) is 4.90 Å². The van der Waals surface area contributed by atoms with Gasteiger partial charge in [-0.05, 0) is 19.8 Å². The molecular weight excluding hydrogens is 190 g/mol. The molecule has 4 nitrogen and oxygen atoms in total. The summed E-state index contributed by atoms with van der Waals surface area (Å²) >= 11 is 0. The second kappa shape index (κ2) is 6.08. The van der Waals surface area contributed by atoms with Crippen molar-refractivity contribution in [3.8, 4) is 0 Å². The molecule has 1 aliphatic carbocycles. The van der Waals surface area contributed by atoms with Gasteiger partial charge in [-0.25, -0.2) is 0 Å². The first-order valence-electron chi connectivity index (χ1n) is 5.87. The molecule has 1 fully saturated rings. The van der Waals surface area contributed by atoms with Crippen molar-refractivity contribution in [2.75, 3.05) is 13.2 Å². The second-order valence-electron chi connectivity index (χ2n) is 4.38. The molecule has 0 heterocycles. The number of amidine groups is 1. The molecule has 1 atom stereocenters. The standard InChI is InChI=1S/C11H23N3O/c1-9(11(12)13)14(7-8-15)10-5-3-2-4-6-10/h9-10,15H,2-8H2,1H3,(H3,12,13). The number of nitrogens with one attached hydrogen (secondary N) is 1. The van der Waals surface area contributed by atoms with Crippen molar-refractivity contribution in [2.24, 2.45) is 5.73 Å². The van der Waals surface area contributed by atoms with Crippen molar-refractivity contribution in [1.29, 1.82) is 5.41 Å². The number of aliphatic hydroxyl groups excluding tert-OH is 1. The first-order chi connectivity index (χ1) is 7.16. The average Bonchev–Trinajstić information content (AvgIpc) is 2.26. The lowest BCUT2D eigenvalue weighted by Gasteiger charge is -2.37. The van der Waals surface area contributed by atoms with E-state index in [-0.39, 0.29) is 18.5 Å². The van der Waals surface area contributed by atoms with E-state index in [9.17, 15) is 0 Å². The predicted octanol–water partition coefficient (Wildman–Crippen LogP) is 0.938. The molecule has 1 unspecified atom stereocenters. The van der Waals surface area contributed by atoms with Crippen molar-refractivity contribution in [3.63, 3.8) is 0 Å². The zero-order chi connectivity index (χ0) is 11.3. The van der Waals surface area contributed by atoms with Crippen LogP contribution >= 0.6 is 0 Å². The Hall–Kier alpha value is -0.610. The van der Waals surface area contributed by atoms with Crippen molar-refractivity contribution >= 4 is 5.84 Å². The van der Waals surface area contributed by atoms with Crippen molar-refractivity contribution in [3.05, 3.63) is 0 Å². The van der Waals surface area contributed by atoms with Crippen LogP contribution in [-0.4, -0.2) is 41.1 Å². The van der Waals surface area contributed by atoms with Crippen LogP contribution in [0.1, 0.15) is 39.0 Å². The molecule has 0 aromatic rings. The van der Waals surface area contributed by atoms with Gasteiger partial charge in [0.25, 0.3) is 0 Å². The third kappa shape index (κ3) is 3.47. The fourth-order valence-corrected chi connectivity index (χ4v) is 2.40. The van der Waals surface area contributed by atoms with Gasteiger partial charge in [0.15, 0.2) is 0 Å². The maximum absolute atomic E-state index is 9.05. The molecule has 1 saturated carbocycles. The fourth-order valence-electron chi connectivity index (χ4n) is 2.40. The SMILES string of the molecule is CC(C(=N)N)N(CCO)C1CCCCC1. The lowest BCUT2D eigenvalue weighted by molar-refractivity contribution is 0.111. The van der Waals surface area contributed by atoms with Crippen LogP contribution in [0, 0.1) is 5.41 Å². The van der Waals surface area contributed by atoms with Gasteiger partial charge in [-0.3, -0.25) is 10.3 Å². The lowest BCUT2D eigenvalue weighted by Crippen LogP contribution is -2.49. The highest BCUT2D eigenvalue weighted by Crippen LogP contribution is 2.23. The average molecular weight is 213 g/mol. The summed E-state index contributed by atoms with van der Waals surface area (Å²) in [6.07, 6.45) is 6.20. The zero-order valence-electron chi connectivity index (χ0n) is 9.58. The summed E-state index contributed by atoms with van der Waals surface area (Å²) in [6.45, 7) is 2.73. The molecule has 0 radical (unpaired) electrons. The fraction of sp³-hybridized carbons (Fsp3) is 0.909. The van der Waals surface area contributed by atoms with Gasteiger partial charge in [0, 0.05) is 12.6 Å². The van der Waals surface area contributed by atoms with Crippen LogP contribution in [0.5, 0.6) is 0 Å². The Morgan fingerprint density at radius 1 is 1.47 bits per heavy atom. The molecule has 0 bridgehead atoms. The van der Waals surface area contributed by atoms with Crippen molar-refractivity contribution in [1.82, 2.24) is 4.90 Å². The van der Waals surface area contributed by atoms with E-state index in [1.165, 1.54) is 32.1 Å². The Kier molecular flexibility index (Phi) is 5.05. The van der Waals surface area contributed by atoms with Crippen molar-refractivity contribution < 1.29 is 5.11 Å². The van der Waals surface area contributed by atoms with Crippen LogP contribution in [0.15, 0.2) is 0 Å².